The number of ketones is 1. The Hall–Kier alpha value is -3.61. The van der Waals surface area contributed by atoms with Gasteiger partial charge in [0.2, 0.25) is 6.79 Å². The lowest BCUT2D eigenvalue weighted by molar-refractivity contribution is -0.140. The topological polar surface area (TPSA) is 76.1 Å². The Labute approximate surface area is 202 Å². The molecule has 0 fully saturated rings. The van der Waals surface area contributed by atoms with Gasteiger partial charge in [-0.25, -0.2) is 0 Å². The second-order valence-corrected chi connectivity index (χ2v) is 8.87. The Bertz CT molecular complexity index is 1330. The van der Waals surface area contributed by atoms with E-state index in [0.717, 1.165) is 16.7 Å². The van der Waals surface area contributed by atoms with Crippen LogP contribution in [0.3, 0.4) is 0 Å². The Morgan fingerprint density at radius 1 is 1.12 bits per heavy atom. The predicted octanol–water partition coefficient (Wildman–Crippen LogP) is 4.78. The number of rotatable bonds is 6. The molecule has 6 nitrogen and oxygen atoms in total. The maximum atomic E-state index is 13.5. The summed E-state index contributed by atoms with van der Waals surface area (Å²) in [5.74, 6) is 0.321. The Morgan fingerprint density at radius 2 is 1.91 bits per heavy atom. The summed E-state index contributed by atoms with van der Waals surface area (Å²) >= 11 is 6.19. The van der Waals surface area contributed by atoms with Crippen molar-refractivity contribution in [3.63, 3.8) is 0 Å². The van der Waals surface area contributed by atoms with E-state index in [9.17, 15) is 14.7 Å². The normalized spacial score (nSPS) is 18.6. The van der Waals surface area contributed by atoms with Crippen LogP contribution in [0, 0.1) is 6.92 Å². The van der Waals surface area contributed by atoms with Crippen molar-refractivity contribution >= 4 is 35.1 Å². The van der Waals surface area contributed by atoms with Gasteiger partial charge in [0.05, 0.1) is 18.7 Å². The van der Waals surface area contributed by atoms with Crippen LogP contribution in [-0.4, -0.2) is 23.6 Å². The summed E-state index contributed by atoms with van der Waals surface area (Å²) in [4.78, 5) is 27.9. The van der Waals surface area contributed by atoms with Crippen LogP contribution in [0.1, 0.15) is 28.7 Å². The molecule has 7 heteroatoms. The van der Waals surface area contributed by atoms with E-state index in [-0.39, 0.29) is 13.3 Å². The third-order valence-electron chi connectivity index (χ3n) is 6.17. The fourth-order valence-electron chi connectivity index (χ4n) is 4.33. The first-order valence-corrected chi connectivity index (χ1v) is 11.2. The van der Waals surface area contributed by atoms with Crippen molar-refractivity contribution in [1.29, 1.82) is 0 Å². The summed E-state index contributed by atoms with van der Waals surface area (Å²) < 4.78 is 10.7. The maximum Gasteiger partial charge on any atom is 0.264 e. The quantitative estimate of drug-likeness (QED) is 0.519. The third-order valence-corrected chi connectivity index (χ3v) is 6.41. The number of aryl methyl sites for hydroxylation is 1. The zero-order valence-electron chi connectivity index (χ0n) is 18.5. The number of ether oxygens (including phenoxy) is 2. The zero-order chi connectivity index (χ0) is 23.9. The first-order valence-electron chi connectivity index (χ1n) is 10.8. The fourth-order valence-corrected chi connectivity index (χ4v) is 4.50. The van der Waals surface area contributed by atoms with Gasteiger partial charge in [-0.1, -0.05) is 48.0 Å². The van der Waals surface area contributed by atoms with Gasteiger partial charge in [0, 0.05) is 10.6 Å². The van der Waals surface area contributed by atoms with Crippen molar-refractivity contribution < 1.29 is 24.2 Å². The number of allylic oxidation sites excluding steroid dienone is 1. The van der Waals surface area contributed by atoms with Crippen LogP contribution in [0.15, 0.2) is 66.7 Å². The lowest BCUT2D eigenvalue weighted by atomic mass is 9.89. The van der Waals surface area contributed by atoms with Crippen LogP contribution in [0.5, 0.6) is 11.5 Å². The number of nitrogens with zero attached hydrogens (tertiary/aromatic N) is 1. The number of benzene rings is 3. The molecule has 0 bridgehead atoms. The minimum atomic E-state index is -2.00. The molecule has 2 aliphatic rings. The van der Waals surface area contributed by atoms with E-state index < -0.39 is 23.7 Å². The Morgan fingerprint density at radius 3 is 2.74 bits per heavy atom. The van der Waals surface area contributed by atoms with E-state index in [1.54, 1.807) is 42.5 Å². The summed E-state index contributed by atoms with van der Waals surface area (Å²) in [6.07, 6.45) is 2.58. The molecule has 3 aromatic carbocycles. The summed E-state index contributed by atoms with van der Waals surface area (Å²) in [6.45, 7) is 2.41. The van der Waals surface area contributed by atoms with E-state index in [1.165, 1.54) is 11.0 Å². The average Bonchev–Trinajstić information content (AvgIpc) is 3.36. The lowest BCUT2D eigenvalue weighted by Gasteiger charge is -2.23. The van der Waals surface area contributed by atoms with Gasteiger partial charge in [0.15, 0.2) is 22.9 Å². The Kier molecular flexibility index (Phi) is 5.63. The number of carbonyl (C=O) groups is 2. The third kappa shape index (κ3) is 3.95. The van der Waals surface area contributed by atoms with E-state index >= 15 is 0 Å². The highest BCUT2D eigenvalue weighted by atomic mass is 35.5. The largest absolute Gasteiger partial charge is 0.454 e. The van der Waals surface area contributed by atoms with Crippen molar-refractivity contribution in [3.05, 3.63) is 94.0 Å². The first kappa shape index (κ1) is 22.2. The highest BCUT2D eigenvalue weighted by Crippen LogP contribution is 2.44. The second-order valence-electron chi connectivity index (χ2n) is 8.43. The van der Waals surface area contributed by atoms with Crippen molar-refractivity contribution in [2.75, 3.05) is 11.7 Å². The van der Waals surface area contributed by atoms with Crippen LogP contribution in [-0.2, 0) is 21.7 Å². The molecule has 0 radical (unpaired) electrons. The number of fused-ring (bicyclic) bond motifs is 2. The maximum absolute atomic E-state index is 13.5. The number of amides is 1. The lowest BCUT2D eigenvalue weighted by Crippen LogP contribution is -2.41. The molecule has 0 spiro atoms. The zero-order valence-corrected chi connectivity index (χ0v) is 19.2. The van der Waals surface area contributed by atoms with Crippen molar-refractivity contribution in [3.8, 4) is 11.5 Å². The van der Waals surface area contributed by atoms with Crippen molar-refractivity contribution in [1.82, 2.24) is 0 Å². The van der Waals surface area contributed by atoms with Crippen LogP contribution < -0.4 is 14.4 Å². The van der Waals surface area contributed by atoms with Crippen LogP contribution in [0.2, 0.25) is 5.02 Å². The summed E-state index contributed by atoms with van der Waals surface area (Å²) in [6, 6.07) is 18.0. The number of halogens is 1. The molecule has 1 atom stereocenters. The number of carbonyl (C=O) groups excluding carboxylic acids is 2. The van der Waals surface area contributed by atoms with Crippen LogP contribution >= 0.6 is 11.6 Å². The monoisotopic (exact) mass is 475 g/mol. The molecule has 1 amide bonds. The van der Waals surface area contributed by atoms with Crippen LogP contribution in [0.4, 0.5) is 5.69 Å². The molecule has 2 heterocycles. The van der Waals surface area contributed by atoms with Gasteiger partial charge in [0.1, 0.15) is 0 Å². The minimum absolute atomic E-state index is 0.164. The van der Waals surface area contributed by atoms with E-state index in [0.29, 0.717) is 27.8 Å². The van der Waals surface area contributed by atoms with Gasteiger partial charge < -0.3 is 19.5 Å². The van der Waals surface area contributed by atoms with E-state index in [1.807, 2.05) is 31.2 Å². The van der Waals surface area contributed by atoms with Gasteiger partial charge in [-0.05, 0) is 60.0 Å². The SMILES string of the molecule is Cc1ccccc1CN1C(=O)[C@](O)(CC(=O)/C=C/c2ccc3c(c2)OCO3)c2cc(Cl)ccc21. The average molecular weight is 476 g/mol. The summed E-state index contributed by atoms with van der Waals surface area (Å²) in [5.41, 5.74) is 1.61. The predicted molar refractivity (Wildman–Crippen MR) is 129 cm³/mol. The Balaban J connectivity index is 1.41. The molecule has 3 aromatic rings. The fraction of sp³-hybridized carbons (Fsp3) is 0.185. The minimum Gasteiger partial charge on any atom is -0.454 e. The van der Waals surface area contributed by atoms with Gasteiger partial charge in [-0.15, -0.1) is 0 Å². The summed E-state index contributed by atoms with van der Waals surface area (Å²) in [5, 5.41) is 11.9. The molecule has 172 valence electrons. The van der Waals surface area contributed by atoms with E-state index in [4.69, 9.17) is 21.1 Å². The smallest absolute Gasteiger partial charge is 0.264 e. The van der Waals surface area contributed by atoms with Gasteiger partial charge in [-0.3, -0.25) is 9.59 Å². The highest BCUT2D eigenvalue weighted by Gasteiger charge is 2.50. The number of hydrogen-bond acceptors (Lipinski definition) is 5. The standard InChI is InChI=1S/C27H22ClNO5/c1-17-4-2-3-5-19(17)15-29-23-10-8-20(28)13-22(23)27(32,26(29)31)14-21(30)9-6-18-7-11-24-25(12-18)34-16-33-24/h2-13,32H,14-16H2,1H3/b9-6+/t27-/m0/s1. The van der Waals surface area contributed by atoms with Gasteiger partial charge >= 0.3 is 0 Å². The molecule has 0 aliphatic carbocycles. The number of anilines is 1. The van der Waals surface area contributed by atoms with Crippen molar-refractivity contribution in [2.45, 2.75) is 25.5 Å². The molecule has 34 heavy (non-hydrogen) atoms. The molecule has 0 saturated heterocycles. The molecule has 2 aliphatic heterocycles. The van der Waals surface area contributed by atoms with Gasteiger partial charge in [0.25, 0.3) is 5.91 Å². The van der Waals surface area contributed by atoms with Crippen molar-refractivity contribution in [2.24, 2.45) is 0 Å². The molecule has 5 rings (SSSR count). The highest BCUT2D eigenvalue weighted by molar-refractivity contribution is 6.31. The van der Waals surface area contributed by atoms with Gasteiger partial charge in [-0.2, -0.15) is 0 Å². The van der Waals surface area contributed by atoms with E-state index in [2.05, 4.69) is 0 Å². The molecule has 0 unspecified atom stereocenters. The molecule has 0 saturated carbocycles. The summed E-state index contributed by atoms with van der Waals surface area (Å²) in [7, 11) is 0. The molecule has 0 aromatic heterocycles. The number of hydrogen-bond donors (Lipinski definition) is 1. The van der Waals surface area contributed by atoms with Crippen LogP contribution in [0.25, 0.3) is 6.08 Å². The molecular formula is C27H22ClNO5. The second kappa shape index (κ2) is 8.63. The molecular weight excluding hydrogens is 454 g/mol. The number of aliphatic hydroxyl groups is 1. The molecule has 1 N–H and O–H groups in total. The first-order chi connectivity index (χ1) is 16.3.